The lowest BCUT2D eigenvalue weighted by Gasteiger charge is -2.28. The van der Waals surface area contributed by atoms with Crippen molar-refractivity contribution in [1.29, 1.82) is 0 Å². The fourth-order valence-corrected chi connectivity index (χ4v) is 3.11. The second-order valence-corrected chi connectivity index (χ2v) is 6.89. The molecule has 0 spiro atoms. The number of benzene rings is 2. The maximum absolute atomic E-state index is 13.3. The lowest BCUT2D eigenvalue weighted by molar-refractivity contribution is -0.137. The summed E-state index contributed by atoms with van der Waals surface area (Å²) in [5, 5.41) is 15.2. The van der Waals surface area contributed by atoms with Gasteiger partial charge in [-0.2, -0.15) is 13.2 Å². The third-order valence-electron chi connectivity index (χ3n) is 4.63. The van der Waals surface area contributed by atoms with Gasteiger partial charge >= 0.3 is 6.18 Å². The summed E-state index contributed by atoms with van der Waals surface area (Å²) < 4.78 is 58.3. The molecule has 1 fully saturated rings. The smallest absolute Gasteiger partial charge is 0.416 e. The maximum atomic E-state index is 13.3. The molecule has 29 heavy (non-hydrogen) atoms. The van der Waals surface area contributed by atoms with Crippen molar-refractivity contribution in [1.82, 2.24) is 10.6 Å². The number of nitrogens with one attached hydrogen (secondary N) is 2. The topological polar surface area (TPSA) is 70.6 Å². The van der Waals surface area contributed by atoms with E-state index in [2.05, 4.69) is 10.6 Å². The Hall–Kier alpha value is -2.65. The number of aryl methyl sites for hydroxylation is 1. The predicted molar refractivity (Wildman–Crippen MR) is 97.2 cm³/mol. The van der Waals surface area contributed by atoms with E-state index in [4.69, 9.17) is 4.74 Å². The summed E-state index contributed by atoms with van der Waals surface area (Å²) in [7, 11) is 0. The number of carbonyl (C=O) groups excluding carboxylic acids is 1. The van der Waals surface area contributed by atoms with Gasteiger partial charge in [-0.1, -0.05) is 0 Å². The summed E-state index contributed by atoms with van der Waals surface area (Å²) in [6.45, 7) is 2.04. The Morgan fingerprint density at radius 1 is 1.21 bits per heavy atom. The first-order valence-corrected chi connectivity index (χ1v) is 9.01. The Bertz CT molecular complexity index is 902. The quantitative estimate of drug-likeness (QED) is 0.669. The van der Waals surface area contributed by atoms with Crippen LogP contribution >= 0.6 is 0 Å². The third kappa shape index (κ3) is 5.24. The van der Waals surface area contributed by atoms with Crippen LogP contribution in [0.5, 0.6) is 11.5 Å². The molecule has 1 heterocycles. The highest BCUT2D eigenvalue weighted by Gasteiger charge is 2.32. The number of aliphatic hydroxyl groups is 1. The van der Waals surface area contributed by atoms with Gasteiger partial charge in [0.2, 0.25) is 0 Å². The Kier molecular flexibility index (Phi) is 6.09. The van der Waals surface area contributed by atoms with Crippen molar-refractivity contribution >= 4 is 5.91 Å². The van der Waals surface area contributed by atoms with Crippen molar-refractivity contribution in [2.24, 2.45) is 0 Å². The lowest BCUT2D eigenvalue weighted by atomic mass is 10.0. The van der Waals surface area contributed by atoms with Crippen LogP contribution in [0, 0.1) is 12.7 Å². The molecule has 2 unspecified atom stereocenters. The summed E-state index contributed by atoms with van der Waals surface area (Å²) >= 11 is 0. The number of piperidine rings is 1. The number of ether oxygens (including phenoxy) is 1. The molecule has 5 nitrogen and oxygen atoms in total. The number of halogens is 4. The number of rotatable bonds is 4. The molecule has 2 aromatic rings. The number of alkyl halides is 3. The van der Waals surface area contributed by atoms with Crippen LogP contribution in [0.1, 0.15) is 34.3 Å². The van der Waals surface area contributed by atoms with E-state index in [9.17, 15) is 27.5 Å². The van der Waals surface area contributed by atoms with E-state index < -0.39 is 29.7 Å². The van der Waals surface area contributed by atoms with Gasteiger partial charge in [0, 0.05) is 12.5 Å². The van der Waals surface area contributed by atoms with Gasteiger partial charge in [-0.05, 0) is 61.9 Å². The molecule has 0 saturated carbocycles. The molecule has 0 radical (unpaired) electrons. The monoisotopic (exact) mass is 412 g/mol. The highest BCUT2D eigenvalue weighted by atomic mass is 19.4. The molecule has 0 aromatic heterocycles. The summed E-state index contributed by atoms with van der Waals surface area (Å²) in [6.07, 6.45) is -4.54. The molecule has 9 heteroatoms. The van der Waals surface area contributed by atoms with Crippen LogP contribution in [0.2, 0.25) is 0 Å². The Morgan fingerprint density at radius 3 is 2.62 bits per heavy atom. The highest BCUT2D eigenvalue weighted by molar-refractivity contribution is 5.97. The average Bonchev–Trinajstić information content (AvgIpc) is 2.63. The number of amides is 1. The first kappa shape index (κ1) is 21.1. The molecule has 2 aromatic carbocycles. The van der Waals surface area contributed by atoms with Crippen LogP contribution in [-0.4, -0.2) is 29.8 Å². The largest absolute Gasteiger partial charge is 0.456 e. The molecule has 0 bridgehead atoms. The summed E-state index contributed by atoms with van der Waals surface area (Å²) in [6, 6.07) is 5.84. The van der Waals surface area contributed by atoms with Crippen LogP contribution in [0.3, 0.4) is 0 Å². The zero-order valence-electron chi connectivity index (χ0n) is 15.5. The maximum Gasteiger partial charge on any atom is 0.416 e. The van der Waals surface area contributed by atoms with Crippen LogP contribution in [-0.2, 0) is 6.18 Å². The predicted octanol–water partition coefficient (Wildman–Crippen LogP) is 3.75. The molecule has 3 rings (SSSR count). The molecule has 1 aliphatic heterocycles. The number of aliphatic hydroxyl groups excluding tert-OH is 1. The Balaban J connectivity index is 1.91. The van der Waals surface area contributed by atoms with Crippen molar-refractivity contribution < 1.29 is 32.2 Å². The first-order valence-electron chi connectivity index (χ1n) is 9.01. The molecule has 1 saturated heterocycles. The van der Waals surface area contributed by atoms with Gasteiger partial charge in [0.15, 0.2) is 0 Å². The van der Waals surface area contributed by atoms with Gasteiger partial charge in [-0.3, -0.25) is 10.1 Å². The van der Waals surface area contributed by atoms with Crippen molar-refractivity contribution in [3.8, 4) is 11.5 Å². The minimum absolute atomic E-state index is 0.0882. The Labute approximate surface area is 164 Å². The molecule has 2 atom stereocenters. The van der Waals surface area contributed by atoms with Crippen LogP contribution in [0.15, 0.2) is 36.4 Å². The van der Waals surface area contributed by atoms with E-state index in [1.165, 1.54) is 12.1 Å². The van der Waals surface area contributed by atoms with Crippen molar-refractivity contribution in [3.05, 3.63) is 58.9 Å². The van der Waals surface area contributed by atoms with E-state index in [-0.39, 0.29) is 29.5 Å². The second-order valence-electron chi connectivity index (χ2n) is 6.89. The summed E-state index contributed by atoms with van der Waals surface area (Å²) in [4.78, 5) is 12.7. The van der Waals surface area contributed by atoms with Crippen LogP contribution in [0.4, 0.5) is 17.6 Å². The van der Waals surface area contributed by atoms with Crippen molar-refractivity contribution in [2.45, 2.75) is 38.2 Å². The Morgan fingerprint density at radius 2 is 1.97 bits per heavy atom. The second kappa shape index (κ2) is 8.38. The van der Waals surface area contributed by atoms with Gasteiger partial charge < -0.3 is 15.2 Å². The number of hydrogen-bond donors (Lipinski definition) is 3. The molecule has 1 aliphatic rings. The van der Waals surface area contributed by atoms with Gasteiger partial charge in [-0.15, -0.1) is 0 Å². The third-order valence-corrected chi connectivity index (χ3v) is 4.63. The summed E-state index contributed by atoms with van der Waals surface area (Å²) in [5.74, 6) is -1.28. The molecule has 0 aliphatic carbocycles. The standard InChI is InChI=1S/C20H20F4N2O3/c1-11-8-13(21)3-5-16(11)29-17-9-12(20(22,23)24)2-4-15(17)19(28)26-14-6-7-25-18(27)10-14/h2-5,8-9,14,18,25,27H,6-7,10H2,1H3,(H,26,28). The normalized spacial score (nSPS) is 19.7. The van der Waals surface area contributed by atoms with E-state index >= 15 is 0 Å². The average molecular weight is 412 g/mol. The van der Waals surface area contributed by atoms with Crippen molar-refractivity contribution in [2.75, 3.05) is 6.54 Å². The highest BCUT2D eigenvalue weighted by Crippen LogP contribution is 2.36. The zero-order valence-corrected chi connectivity index (χ0v) is 15.5. The lowest BCUT2D eigenvalue weighted by Crippen LogP contribution is -2.47. The molecule has 3 N–H and O–H groups in total. The van der Waals surface area contributed by atoms with E-state index in [1.54, 1.807) is 6.92 Å². The zero-order chi connectivity index (χ0) is 21.2. The fourth-order valence-electron chi connectivity index (χ4n) is 3.11. The molecule has 1 amide bonds. The van der Waals surface area contributed by atoms with E-state index in [1.807, 2.05) is 0 Å². The number of hydrogen-bond acceptors (Lipinski definition) is 4. The summed E-state index contributed by atoms with van der Waals surface area (Å²) in [5.41, 5.74) is -0.689. The van der Waals surface area contributed by atoms with Gasteiger partial charge in [0.1, 0.15) is 23.5 Å². The van der Waals surface area contributed by atoms with Crippen LogP contribution < -0.4 is 15.4 Å². The molecular weight excluding hydrogens is 392 g/mol. The van der Waals surface area contributed by atoms with Gasteiger partial charge in [-0.25, -0.2) is 4.39 Å². The SMILES string of the molecule is Cc1cc(F)ccc1Oc1cc(C(F)(F)F)ccc1C(=O)NC1CCNC(O)C1. The van der Waals surface area contributed by atoms with Crippen LogP contribution in [0.25, 0.3) is 0 Å². The van der Waals surface area contributed by atoms with Gasteiger partial charge in [0.25, 0.3) is 5.91 Å². The van der Waals surface area contributed by atoms with Gasteiger partial charge in [0.05, 0.1) is 11.1 Å². The number of carbonyl (C=O) groups is 1. The minimum atomic E-state index is -4.62. The molecular formula is C20H20F4N2O3. The van der Waals surface area contributed by atoms with Crippen molar-refractivity contribution in [3.63, 3.8) is 0 Å². The fraction of sp³-hybridized carbons (Fsp3) is 0.350. The minimum Gasteiger partial charge on any atom is -0.456 e. The van der Waals surface area contributed by atoms with E-state index in [0.29, 0.717) is 18.5 Å². The first-order chi connectivity index (χ1) is 13.6. The molecule has 156 valence electrons. The van der Waals surface area contributed by atoms with E-state index in [0.717, 1.165) is 24.3 Å².